The van der Waals surface area contributed by atoms with Gasteiger partial charge in [0.25, 0.3) is 5.91 Å². The first-order valence-electron chi connectivity index (χ1n) is 5.18. The van der Waals surface area contributed by atoms with Crippen molar-refractivity contribution >= 4 is 29.3 Å². The minimum absolute atomic E-state index is 0.0412. The van der Waals surface area contributed by atoms with Gasteiger partial charge in [-0.25, -0.2) is 14.8 Å². The van der Waals surface area contributed by atoms with Crippen molar-refractivity contribution in [3.05, 3.63) is 52.9 Å². The maximum Gasteiger partial charge on any atom is 0.335 e. The molecule has 19 heavy (non-hydrogen) atoms. The molecule has 0 fully saturated rings. The summed E-state index contributed by atoms with van der Waals surface area (Å²) in [6, 6.07) is 5.59. The third kappa shape index (κ3) is 3.26. The minimum atomic E-state index is -1.09. The van der Waals surface area contributed by atoms with Crippen molar-refractivity contribution in [2.24, 2.45) is 0 Å². The number of carboxylic acids is 1. The fourth-order valence-electron chi connectivity index (χ4n) is 1.33. The van der Waals surface area contributed by atoms with Gasteiger partial charge < -0.3 is 10.4 Å². The quantitative estimate of drug-likeness (QED) is 0.838. The first-order valence-corrected chi connectivity index (χ1v) is 5.56. The largest absolute Gasteiger partial charge is 0.478 e. The highest BCUT2D eigenvalue weighted by atomic mass is 35.5. The molecule has 1 amide bonds. The van der Waals surface area contributed by atoms with Crippen molar-refractivity contribution in [3.63, 3.8) is 0 Å². The number of anilines is 1. The fraction of sp³-hybridized carbons (Fsp3) is 0. The lowest BCUT2D eigenvalue weighted by Gasteiger charge is -2.04. The summed E-state index contributed by atoms with van der Waals surface area (Å²) in [6.45, 7) is 0. The van der Waals surface area contributed by atoms with Crippen LogP contribution in [0.5, 0.6) is 0 Å². The van der Waals surface area contributed by atoms with Crippen molar-refractivity contribution < 1.29 is 14.7 Å². The molecule has 2 aromatic rings. The minimum Gasteiger partial charge on any atom is -0.478 e. The number of amides is 1. The number of carboxylic acid groups (broad SMARTS) is 1. The number of rotatable bonds is 3. The van der Waals surface area contributed by atoms with Crippen molar-refractivity contribution in [1.82, 2.24) is 9.97 Å². The standard InChI is InChI=1S/C12H8ClN3O3/c13-9-2-1-8(6-15-9)11(17)16-10-5-7(12(18)19)3-4-14-10/h1-6H,(H,18,19)(H,14,16,17). The Morgan fingerprint density at radius 1 is 1.16 bits per heavy atom. The number of carbonyl (C=O) groups excluding carboxylic acids is 1. The van der Waals surface area contributed by atoms with Gasteiger partial charge in [-0.05, 0) is 24.3 Å². The Hall–Kier alpha value is -2.47. The molecule has 7 heteroatoms. The molecule has 0 unspecified atom stereocenters. The molecule has 0 spiro atoms. The van der Waals surface area contributed by atoms with Gasteiger partial charge in [0.2, 0.25) is 0 Å². The molecule has 96 valence electrons. The van der Waals surface area contributed by atoms with E-state index in [4.69, 9.17) is 16.7 Å². The number of pyridine rings is 2. The number of aromatic carboxylic acids is 1. The van der Waals surface area contributed by atoms with Crippen LogP contribution in [0.15, 0.2) is 36.7 Å². The van der Waals surface area contributed by atoms with Gasteiger partial charge in [-0.15, -0.1) is 0 Å². The van der Waals surface area contributed by atoms with Crippen LogP contribution in [0.4, 0.5) is 5.82 Å². The third-order valence-electron chi connectivity index (χ3n) is 2.24. The number of nitrogens with one attached hydrogen (secondary N) is 1. The Labute approximate surface area is 113 Å². The smallest absolute Gasteiger partial charge is 0.335 e. The van der Waals surface area contributed by atoms with E-state index in [-0.39, 0.29) is 16.5 Å². The zero-order valence-electron chi connectivity index (χ0n) is 9.50. The van der Waals surface area contributed by atoms with E-state index in [1.54, 1.807) is 0 Å². The first kappa shape index (κ1) is 13.0. The zero-order valence-corrected chi connectivity index (χ0v) is 10.3. The number of halogens is 1. The molecule has 6 nitrogen and oxygen atoms in total. The summed E-state index contributed by atoms with van der Waals surface area (Å²) in [6.07, 6.45) is 2.62. The summed E-state index contributed by atoms with van der Waals surface area (Å²) in [5.74, 6) is -1.38. The average Bonchev–Trinajstić information content (AvgIpc) is 2.39. The number of hydrogen-bond acceptors (Lipinski definition) is 4. The highest BCUT2D eigenvalue weighted by molar-refractivity contribution is 6.29. The van der Waals surface area contributed by atoms with Gasteiger partial charge >= 0.3 is 5.97 Å². The van der Waals surface area contributed by atoms with E-state index >= 15 is 0 Å². The van der Waals surface area contributed by atoms with E-state index in [9.17, 15) is 9.59 Å². The molecule has 0 aliphatic heterocycles. The van der Waals surface area contributed by atoms with E-state index in [0.717, 1.165) is 0 Å². The summed E-state index contributed by atoms with van der Waals surface area (Å²) in [7, 11) is 0. The number of nitrogens with zero attached hydrogens (tertiary/aromatic N) is 2. The van der Waals surface area contributed by atoms with E-state index in [1.807, 2.05) is 0 Å². The van der Waals surface area contributed by atoms with Crippen LogP contribution in [0.1, 0.15) is 20.7 Å². The predicted octanol–water partition coefficient (Wildman–Crippen LogP) is 2.08. The summed E-state index contributed by atoms with van der Waals surface area (Å²) < 4.78 is 0. The van der Waals surface area contributed by atoms with Gasteiger partial charge in [-0.3, -0.25) is 4.79 Å². The number of hydrogen-bond donors (Lipinski definition) is 2. The van der Waals surface area contributed by atoms with Crippen LogP contribution in [0, 0.1) is 0 Å². The maximum atomic E-state index is 11.8. The van der Waals surface area contributed by atoms with Crippen molar-refractivity contribution in [2.75, 3.05) is 5.32 Å². The lowest BCUT2D eigenvalue weighted by Crippen LogP contribution is -2.13. The predicted molar refractivity (Wildman–Crippen MR) is 68.4 cm³/mol. The molecular weight excluding hydrogens is 270 g/mol. The molecule has 0 radical (unpaired) electrons. The van der Waals surface area contributed by atoms with Crippen LogP contribution in [0.25, 0.3) is 0 Å². The van der Waals surface area contributed by atoms with E-state index < -0.39 is 11.9 Å². The lowest BCUT2D eigenvalue weighted by atomic mass is 10.2. The second kappa shape index (κ2) is 5.45. The van der Waals surface area contributed by atoms with Gasteiger partial charge in [0.15, 0.2) is 0 Å². The van der Waals surface area contributed by atoms with E-state index in [0.29, 0.717) is 5.56 Å². The summed E-state index contributed by atoms with van der Waals surface area (Å²) in [4.78, 5) is 30.2. The van der Waals surface area contributed by atoms with Crippen LogP contribution in [0.2, 0.25) is 5.15 Å². The van der Waals surface area contributed by atoms with Gasteiger partial charge in [-0.1, -0.05) is 11.6 Å². The second-order valence-corrected chi connectivity index (χ2v) is 3.95. The summed E-state index contributed by atoms with van der Waals surface area (Å²) in [5.41, 5.74) is 0.339. The van der Waals surface area contributed by atoms with Gasteiger partial charge in [0.1, 0.15) is 11.0 Å². The molecule has 2 heterocycles. The normalized spacial score (nSPS) is 9.95. The molecule has 0 saturated heterocycles. The third-order valence-corrected chi connectivity index (χ3v) is 2.46. The van der Waals surface area contributed by atoms with Gasteiger partial charge in [0, 0.05) is 12.4 Å². The van der Waals surface area contributed by atoms with Gasteiger partial charge in [0.05, 0.1) is 11.1 Å². The van der Waals surface area contributed by atoms with Gasteiger partial charge in [-0.2, -0.15) is 0 Å². The van der Waals surface area contributed by atoms with Crippen LogP contribution in [-0.2, 0) is 0 Å². The average molecular weight is 278 g/mol. The molecule has 0 aliphatic carbocycles. The molecular formula is C12H8ClN3O3. The van der Waals surface area contributed by atoms with Crippen LogP contribution in [-0.4, -0.2) is 27.0 Å². The molecule has 2 N–H and O–H groups in total. The monoisotopic (exact) mass is 277 g/mol. The van der Waals surface area contributed by atoms with Crippen molar-refractivity contribution in [3.8, 4) is 0 Å². The van der Waals surface area contributed by atoms with Crippen LogP contribution < -0.4 is 5.32 Å². The number of aromatic nitrogens is 2. The van der Waals surface area contributed by atoms with Crippen molar-refractivity contribution in [2.45, 2.75) is 0 Å². The Bertz CT molecular complexity index is 628. The number of carbonyl (C=O) groups is 2. The highest BCUT2D eigenvalue weighted by Gasteiger charge is 2.09. The Kier molecular flexibility index (Phi) is 3.72. The van der Waals surface area contributed by atoms with Crippen LogP contribution >= 0.6 is 11.6 Å². The SMILES string of the molecule is O=C(O)c1ccnc(NC(=O)c2ccc(Cl)nc2)c1. The maximum absolute atomic E-state index is 11.8. The molecule has 2 rings (SSSR count). The highest BCUT2D eigenvalue weighted by Crippen LogP contribution is 2.10. The first-order chi connectivity index (χ1) is 9.06. The molecule has 0 aromatic carbocycles. The van der Waals surface area contributed by atoms with E-state index in [1.165, 1.54) is 36.7 Å². The molecule has 2 aromatic heterocycles. The summed E-state index contributed by atoms with van der Waals surface area (Å²) >= 11 is 5.61. The molecule has 0 bridgehead atoms. The fourth-order valence-corrected chi connectivity index (χ4v) is 1.44. The molecule has 0 atom stereocenters. The molecule has 0 aliphatic rings. The lowest BCUT2D eigenvalue weighted by molar-refractivity contribution is 0.0696. The Morgan fingerprint density at radius 3 is 2.58 bits per heavy atom. The Balaban J connectivity index is 2.17. The second-order valence-electron chi connectivity index (χ2n) is 3.56. The van der Waals surface area contributed by atoms with Crippen LogP contribution in [0.3, 0.4) is 0 Å². The molecule has 0 saturated carbocycles. The van der Waals surface area contributed by atoms with E-state index in [2.05, 4.69) is 15.3 Å². The topological polar surface area (TPSA) is 92.2 Å². The Morgan fingerprint density at radius 2 is 1.95 bits per heavy atom. The summed E-state index contributed by atoms with van der Waals surface area (Å²) in [5, 5.41) is 11.6. The zero-order chi connectivity index (χ0) is 13.8. The van der Waals surface area contributed by atoms with Crippen molar-refractivity contribution in [1.29, 1.82) is 0 Å².